The average molecular weight is 216 g/mol. The molecule has 0 amide bonds. The van der Waals surface area contributed by atoms with Crippen LogP contribution in [0.4, 0.5) is 0 Å². The summed E-state index contributed by atoms with van der Waals surface area (Å²) in [4.78, 5) is 1.34. The van der Waals surface area contributed by atoms with Crippen molar-refractivity contribution < 1.29 is 0 Å². The van der Waals surface area contributed by atoms with E-state index in [1.165, 1.54) is 30.7 Å². The van der Waals surface area contributed by atoms with Crippen LogP contribution in [0.25, 0.3) is 0 Å². The van der Waals surface area contributed by atoms with Crippen LogP contribution in [-0.4, -0.2) is 6.54 Å². The molecule has 1 nitrogen and oxygen atoms in total. The highest BCUT2D eigenvalue weighted by molar-refractivity contribution is 7.10. The van der Waals surface area contributed by atoms with E-state index < -0.39 is 0 Å². The molecule has 3 heteroatoms. The standard InChI is InChI=1S/C10H14ClNS/c11-9-4-10(13-7-9)6-12-5-8-2-1-3-8/h4,7-8,12H,1-3,5-6H2. The first kappa shape index (κ1) is 9.50. The van der Waals surface area contributed by atoms with Gasteiger partial charge in [-0.1, -0.05) is 18.0 Å². The number of rotatable bonds is 4. The molecule has 1 aliphatic carbocycles. The van der Waals surface area contributed by atoms with Crippen LogP contribution in [0.3, 0.4) is 0 Å². The molecule has 1 aromatic heterocycles. The predicted molar refractivity (Wildman–Crippen MR) is 58.4 cm³/mol. The molecule has 1 fully saturated rings. The monoisotopic (exact) mass is 215 g/mol. The molecule has 13 heavy (non-hydrogen) atoms. The molecule has 1 aliphatic rings. The molecule has 0 radical (unpaired) electrons. The van der Waals surface area contributed by atoms with Gasteiger partial charge < -0.3 is 5.32 Å². The lowest BCUT2D eigenvalue weighted by Crippen LogP contribution is -2.26. The molecule has 0 spiro atoms. The molecule has 72 valence electrons. The molecule has 0 aliphatic heterocycles. The van der Waals surface area contributed by atoms with Crippen molar-refractivity contribution in [3.63, 3.8) is 0 Å². The van der Waals surface area contributed by atoms with Crippen LogP contribution in [0.2, 0.25) is 5.02 Å². The van der Waals surface area contributed by atoms with Crippen molar-refractivity contribution in [2.45, 2.75) is 25.8 Å². The van der Waals surface area contributed by atoms with Gasteiger partial charge in [0, 0.05) is 16.8 Å². The van der Waals surface area contributed by atoms with Crippen molar-refractivity contribution in [2.75, 3.05) is 6.54 Å². The molecule has 0 unspecified atom stereocenters. The number of thiophene rings is 1. The Kier molecular flexibility index (Phi) is 3.25. The molecular weight excluding hydrogens is 202 g/mol. The molecule has 1 N–H and O–H groups in total. The van der Waals surface area contributed by atoms with E-state index in [0.717, 1.165) is 17.5 Å². The zero-order valence-corrected chi connectivity index (χ0v) is 9.13. The number of nitrogens with one attached hydrogen (secondary N) is 1. The van der Waals surface area contributed by atoms with E-state index in [1.54, 1.807) is 11.3 Å². The summed E-state index contributed by atoms with van der Waals surface area (Å²) >= 11 is 7.56. The van der Waals surface area contributed by atoms with Crippen LogP contribution >= 0.6 is 22.9 Å². The highest BCUT2D eigenvalue weighted by Crippen LogP contribution is 2.25. The molecule has 1 heterocycles. The second kappa shape index (κ2) is 4.45. The maximum absolute atomic E-state index is 5.82. The molecule has 0 aromatic carbocycles. The Labute approximate surface area is 88.1 Å². The maximum atomic E-state index is 5.82. The fraction of sp³-hybridized carbons (Fsp3) is 0.600. The van der Waals surface area contributed by atoms with Crippen LogP contribution in [0.5, 0.6) is 0 Å². The van der Waals surface area contributed by atoms with Crippen LogP contribution in [0.1, 0.15) is 24.1 Å². The van der Waals surface area contributed by atoms with E-state index in [1.807, 2.05) is 11.4 Å². The highest BCUT2D eigenvalue weighted by Gasteiger charge is 2.16. The lowest BCUT2D eigenvalue weighted by molar-refractivity contribution is 0.301. The quantitative estimate of drug-likeness (QED) is 0.813. The average Bonchev–Trinajstić information content (AvgIpc) is 2.42. The van der Waals surface area contributed by atoms with Gasteiger partial charge in [0.2, 0.25) is 0 Å². The fourth-order valence-electron chi connectivity index (χ4n) is 1.54. The summed E-state index contributed by atoms with van der Waals surface area (Å²) < 4.78 is 0. The van der Waals surface area contributed by atoms with Crippen molar-refractivity contribution >= 4 is 22.9 Å². The molecule has 0 bridgehead atoms. The normalized spacial score (nSPS) is 17.3. The Balaban J connectivity index is 1.67. The Morgan fingerprint density at radius 1 is 1.54 bits per heavy atom. The summed E-state index contributed by atoms with van der Waals surface area (Å²) in [5.41, 5.74) is 0. The lowest BCUT2D eigenvalue weighted by atomic mass is 9.85. The smallest absolute Gasteiger partial charge is 0.0516 e. The van der Waals surface area contributed by atoms with Gasteiger partial charge in [0.15, 0.2) is 0 Å². The minimum absolute atomic E-state index is 0.866. The van der Waals surface area contributed by atoms with Crippen molar-refractivity contribution in [3.8, 4) is 0 Å². The molecular formula is C10H14ClNS. The molecule has 1 saturated carbocycles. The number of hydrogen-bond donors (Lipinski definition) is 1. The second-order valence-electron chi connectivity index (χ2n) is 3.66. The molecule has 1 aromatic rings. The van der Waals surface area contributed by atoms with Gasteiger partial charge >= 0.3 is 0 Å². The van der Waals surface area contributed by atoms with Gasteiger partial charge in [0.25, 0.3) is 0 Å². The zero-order chi connectivity index (χ0) is 9.10. The summed E-state index contributed by atoms with van der Waals surface area (Å²) in [6.45, 7) is 2.16. The topological polar surface area (TPSA) is 12.0 Å². The third kappa shape index (κ3) is 2.70. The van der Waals surface area contributed by atoms with E-state index in [-0.39, 0.29) is 0 Å². The van der Waals surface area contributed by atoms with Gasteiger partial charge in [-0.3, -0.25) is 0 Å². The number of halogens is 1. The summed E-state index contributed by atoms with van der Waals surface area (Å²) in [6.07, 6.45) is 4.26. The van der Waals surface area contributed by atoms with E-state index >= 15 is 0 Å². The zero-order valence-electron chi connectivity index (χ0n) is 7.55. The van der Waals surface area contributed by atoms with Gasteiger partial charge in [0.1, 0.15) is 0 Å². The van der Waals surface area contributed by atoms with E-state index in [2.05, 4.69) is 5.32 Å². The minimum atomic E-state index is 0.866. The van der Waals surface area contributed by atoms with Gasteiger partial charge in [-0.2, -0.15) is 0 Å². The molecule has 2 rings (SSSR count). The van der Waals surface area contributed by atoms with Gasteiger partial charge in [0.05, 0.1) is 5.02 Å². The summed E-state index contributed by atoms with van der Waals surface area (Å²) in [7, 11) is 0. The first-order valence-electron chi connectivity index (χ1n) is 4.78. The van der Waals surface area contributed by atoms with E-state index in [9.17, 15) is 0 Å². The van der Waals surface area contributed by atoms with Gasteiger partial charge in [-0.05, 0) is 31.4 Å². The molecule has 0 atom stereocenters. The van der Waals surface area contributed by atoms with Crippen LogP contribution < -0.4 is 5.32 Å². The van der Waals surface area contributed by atoms with Crippen LogP contribution in [0, 0.1) is 5.92 Å². The fourth-order valence-corrected chi connectivity index (χ4v) is 2.59. The molecule has 0 saturated heterocycles. The highest BCUT2D eigenvalue weighted by atomic mass is 35.5. The third-order valence-corrected chi connectivity index (χ3v) is 3.86. The Bertz CT molecular complexity index is 268. The Hall–Kier alpha value is -0.0500. The van der Waals surface area contributed by atoms with Gasteiger partial charge in [-0.15, -0.1) is 11.3 Å². The van der Waals surface area contributed by atoms with E-state index in [0.29, 0.717) is 0 Å². The third-order valence-electron chi connectivity index (χ3n) is 2.58. The Morgan fingerprint density at radius 2 is 2.38 bits per heavy atom. The van der Waals surface area contributed by atoms with Crippen molar-refractivity contribution in [3.05, 3.63) is 21.3 Å². The van der Waals surface area contributed by atoms with Crippen LogP contribution in [-0.2, 0) is 6.54 Å². The Morgan fingerprint density at radius 3 is 2.92 bits per heavy atom. The summed E-state index contributed by atoms with van der Waals surface area (Å²) in [6, 6.07) is 2.04. The first-order valence-corrected chi connectivity index (χ1v) is 6.04. The summed E-state index contributed by atoms with van der Waals surface area (Å²) in [5, 5.41) is 6.32. The lowest BCUT2D eigenvalue weighted by Gasteiger charge is -2.25. The minimum Gasteiger partial charge on any atom is -0.312 e. The second-order valence-corrected chi connectivity index (χ2v) is 5.09. The van der Waals surface area contributed by atoms with Crippen molar-refractivity contribution in [2.24, 2.45) is 5.92 Å². The number of hydrogen-bond acceptors (Lipinski definition) is 2. The van der Waals surface area contributed by atoms with Crippen molar-refractivity contribution in [1.82, 2.24) is 5.32 Å². The summed E-state index contributed by atoms with van der Waals surface area (Å²) in [5.74, 6) is 0.940. The van der Waals surface area contributed by atoms with Crippen molar-refractivity contribution in [1.29, 1.82) is 0 Å². The predicted octanol–water partition coefficient (Wildman–Crippen LogP) is 3.29. The largest absolute Gasteiger partial charge is 0.312 e. The van der Waals surface area contributed by atoms with Crippen LogP contribution in [0.15, 0.2) is 11.4 Å². The first-order chi connectivity index (χ1) is 6.34. The van der Waals surface area contributed by atoms with E-state index in [4.69, 9.17) is 11.6 Å². The van der Waals surface area contributed by atoms with Gasteiger partial charge in [-0.25, -0.2) is 0 Å². The SMILES string of the molecule is Clc1csc(CNCC2CCC2)c1. The maximum Gasteiger partial charge on any atom is 0.0516 e.